The standard InChI is InChI=1S/C46H31NO/c1-3-12-32(13-4-1)33-22-26-38(27-23-33)47(43-20-10-9-18-40(43)34-14-5-2-6-15-34)39-28-24-35(25-29-39)41-19-11-21-44-46(41)42-30-36-16-7-8-17-37(36)31-45(42)48-44/h1-31H. The summed E-state index contributed by atoms with van der Waals surface area (Å²) in [5, 5.41) is 4.68. The summed E-state index contributed by atoms with van der Waals surface area (Å²) in [5.41, 5.74) is 12.2. The molecule has 0 saturated heterocycles. The van der Waals surface area contributed by atoms with E-state index in [2.05, 4.69) is 193 Å². The fourth-order valence-corrected chi connectivity index (χ4v) is 6.93. The number of anilines is 3. The van der Waals surface area contributed by atoms with E-state index in [1.807, 2.05) is 0 Å². The number of furan rings is 1. The molecule has 0 aliphatic rings. The highest BCUT2D eigenvalue weighted by Gasteiger charge is 2.18. The molecule has 0 bridgehead atoms. The Labute approximate surface area is 279 Å². The van der Waals surface area contributed by atoms with Crippen LogP contribution in [0.15, 0.2) is 192 Å². The Hall–Kier alpha value is -6.38. The van der Waals surface area contributed by atoms with E-state index in [1.54, 1.807) is 0 Å². The van der Waals surface area contributed by atoms with E-state index in [4.69, 9.17) is 4.42 Å². The van der Waals surface area contributed by atoms with Gasteiger partial charge in [-0.25, -0.2) is 0 Å². The lowest BCUT2D eigenvalue weighted by Gasteiger charge is -2.28. The molecule has 0 atom stereocenters. The first-order chi connectivity index (χ1) is 23.8. The van der Waals surface area contributed by atoms with Crippen LogP contribution in [-0.4, -0.2) is 0 Å². The van der Waals surface area contributed by atoms with Gasteiger partial charge >= 0.3 is 0 Å². The van der Waals surface area contributed by atoms with Gasteiger partial charge < -0.3 is 9.32 Å². The minimum Gasteiger partial charge on any atom is -0.456 e. The molecule has 226 valence electrons. The van der Waals surface area contributed by atoms with E-state index in [9.17, 15) is 0 Å². The van der Waals surface area contributed by atoms with Gasteiger partial charge in [0.2, 0.25) is 0 Å². The van der Waals surface area contributed by atoms with Crippen LogP contribution in [0, 0.1) is 0 Å². The number of nitrogens with zero attached hydrogens (tertiary/aromatic N) is 1. The van der Waals surface area contributed by atoms with Crippen LogP contribution in [0.5, 0.6) is 0 Å². The molecule has 0 unspecified atom stereocenters. The quantitative estimate of drug-likeness (QED) is 0.185. The van der Waals surface area contributed by atoms with Crippen LogP contribution in [0.2, 0.25) is 0 Å². The minimum atomic E-state index is 0.902. The maximum absolute atomic E-state index is 6.39. The Morgan fingerprint density at radius 3 is 1.58 bits per heavy atom. The van der Waals surface area contributed by atoms with Gasteiger partial charge in [-0.15, -0.1) is 0 Å². The molecule has 0 amide bonds. The normalized spacial score (nSPS) is 11.3. The Kier molecular flexibility index (Phi) is 6.84. The molecule has 2 nitrogen and oxygen atoms in total. The molecule has 8 aromatic carbocycles. The van der Waals surface area contributed by atoms with E-state index >= 15 is 0 Å². The van der Waals surface area contributed by atoms with Crippen molar-refractivity contribution in [1.82, 2.24) is 0 Å². The van der Waals surface area contributed by atoms with Gasteiger partial charge in [-0.1, -0.05) is 140 Å². The monoisotopic (exact) mass is 613 g/mol. The van der Waals surface area contributed by atoms with Gasteiger partial charge in [0.05, 0.1) is 5.69 Å². The van der Waals surface area contributed by atoms with E-state index in [-0.39, 0.29) is 0 Å². The van der Waals surface area contributed by atoms with E-state index < -0.39 is 0 Å². The molecule has 0 radical (unpaired) electrons. The Morgan fingerprint density at radius 1 is 0.354 bits per heavy atom. The van der Waals surface area contributed by atoms with Gasteiger partial charge in [-0.3, -0.25) is 0 Å². The molecule has 1 aromatic heterocycles. The Morgan fingerprint density at radius 2 is 0.875 bits per heavy atom. The first kappa shape index (κ1) is 27.9. The van der Waals surface area contributed by atoms with Crippen molar-refractivity contribution >= 4 is 49.8 Å². The summed E-state index contributed by atoms with van der Waals surface area (Å²) < 4.78 is 6.39. The van der Waals surface area contributed by atoms with Gasteiger partial charge in [-0.2, -0.15) is 0 Å². The van der Waals surface area contributed by atoms with Crippen molar-refractivity contribution in [2.75, 3.05) is 4.90 Å². The average molecular weight is 614 g/mol. The van der Waals surface area contributed by atoms with Gasteiger partial charge in [0, 0.05) is 27.7 Å². The molecule has 0 saturated carbocycles. The van der Waals surface area contributed by atoms with E-state index in [1.165, 1.54) is 33.0 Å². The van der Waals surface area contributed by atoms with Crippen molar-refractivity contribution in [2.45, 2.75) is 0 Å². The molecule has 9 aromatic rings. The molecule has 0 N–H and O–H groups in total. The highest BCUT2D eigenvalue weighted by molar-refractivity contribution is 6.15. The lowest BCUT2D eigenvalue weighted by Crippen LogP contribution is -2.11. The molecular formula is C46H31NO. The molecule has 0 spiro atoms. The van der Waals surface area contributed by atoms with Crippen molar-refractivity contribution < 1.29 is 4.42 Å². The third-order valence-electron chi connectivity index (χ3n) is 9.26. The zero-order valence-electron chi connectivity index (χ0n) is 26.3. The number of rotatable bonds is 6. The number of hydrogen-bond donors (Lipinski definition) is 0. The van der Waals surface area contributed by atoms with Crippen molar-refractivity contribution in [2.24, 2.45) is 0 Å². The molecule has 2 heteroatoms. The number of hydrogen-bond acceptors (Lipinski definition) is 2. The van der Waals surface area contributed by atoms with Gasteiger partial charge in [0.1, 0.15) is 11.2 Å². The van der Waals surface area contributed by atoms with Crippen molar-refractivity contribution in [1.29, 1.82) is 0 Å². The maximum atomic E-state index is 6.39. The minimum absolute atomic E-state index is 0.902. The number of fused-ring (bicyclic) bond motifs is 4. The molecule has 0 aliphatic heterocycles. The van der Waals surface area contributed by atoms with Gasteiger partial charge in [-0.05, 0) is 87.1 Å². The van der Waals surface area contributed by atoms with Gasteiger partial charge in [0.15, 0.2) is 0 Å². The van der Waals surface area contributed by atoms with Crippen molar-refractivity contribution in [3.05, 3.63) is 188 Å². The van der Waals surface area contributed by atoms with Crippen LogP contribution in [0.25, 0.3) is 66.1 Å². The first-order valence-electron chi connectivity index (χ1n) is 16.3. The molecule has 9 rings (SSSR count). The summed E-state index contributed by atoms with van der Waals surface area (Å²) in [6.07, 6.45) is 0. The summed E-state index contributed by atoms with van der Waals surface area (Å²) in [5.74, 6) is 0. The fraction of sp³-hybridized carbons (Fsp3) is 0. The van der Waals surface area contributed by atoms with Crippen LogP contribution in [0.3, 0.4) is 0 Å². The zero-order valence-corrected chi connectivity index (χ0v) is 26.3. The summed E-state index contributed by atoms with van der Waals surface area (Å²) in [7, 11) is 0. The summed E-state index contributed by atoms with van der Waals surface area (Å²) in [6, 6.07) is 66.9. The number of para-hydroxylation sites is 1. The second-order valence-corrected chi connectivity index (χ2v) is 12.2. The largest absolute Gasteiger partial charge is 0.456 e. The predicted molar refractivity (Wildman–Crippen MR) is 202 cm³/mol. The smallest absolute Gasteiger partial charge is 0.136 e. The lowest BCUT2D eigenvalue weighted by molar-refractivity contribution is 0.669. The third kappa shape index (κ3) is 4.92. The van der Waals surface area contributed by atoms with Gasteiger partial charge in [0.25, 0.3) is 0 Å². The van der Waals surface area contributed by atoms with Crippen LogP contribution in [0.4, 0.5) is 17.1 Å². The van der Waals surface area contributed by atoms with E-state index in [0.717, 1.165) is 50.1 Å². The highest BCUT2D eigenvalue weighted by Crippen LogP contribution is 2.43. The third-order valence-corrected chi connectivity index (χ3v) is 9.26. The van der Waals surface area contributed by atoms with Crippen LogP contribution >= 0.6 is 0 Å². The van der Waals surface area contributed by atoms with Crippen molar-refractivity contribution in [3.63, 3.8) is 0 Å². The lowest BCUT2D eigenvalue weighted by atomic mass is 9.97. The SMILES string of the molecule is c1ccc(-c2ccc(N(c3ccc(-c4cccc5oc6cc7ccccc7cc6c45)cc3)c3ccccc3-c3ccccc3)cc2)cc1. The number of benzene rings is 8. The summed E-state index contributed by atoms with van der Waals surface area (Å²) >= 11 is 0. The molecule has 0 aliphatic carbocycles. The summed E-state index contributed by atoms with van der Waals surface area (Å²) in [4.78, 5) is 2.36. The second-order valence-electron chi connectivity index (χ2n) is 12.2. The predicted octanol–water partition coefficient (Wildman–Crippen LogP) is 13.2. The first-order valence-corrected chi connectivity index (χ1v) is 16.3. The average Bonchev–Trinajstić information content (AvgIpc) is 3.53. The van der Waals surface area contributed by atoms with Crippen molar-refractivity contribution in [3.8, 4) is 33.4 Å². The Bertz CT molecular complexity index is 2530. The fourth-order valence-electron chi connectivity index (χ4n) is 6.93. The van der Waals surface area contributed by atoms with E-state index in [0.29, 0.717) is 0 Å². The maximum Gasteiger partial charge on any atom is 0.136 e. The van der Waals surface area contributed by atoms with Crippen LogP contribution in [-0.2, 0) is 0 Å². The zero-order chi connectivity index (χ0) is 31.9. The molecular weight excluding hydrogens is 583 g/mol. The van der Waals surface area contributed by atoms with Crippen LogP contribution < -0.4 is 4.90 Å². The highest BCUT2D eigenvalue weighted by atomic mass is 16.3. The summed E-state index contributed by atoms with van der Waals surface area (Å²) in [6.45, 7) is 0. The Balaban J connectivity index is 1.18. The van der Waals surface area contributed by atoms with Crippen LogP contribution in [0.1, 0.15) is 0 Å². The molecule has 0 fully saturated rings. The molecule has 48 heavy (non-hydrogen) atoms. The second kappa shape index (κ2) is 11.8. The molecule has 1 heterocycles. The topological polar surface area (TPSA) is 16.4 Å².